The number of ether oxygens (including phenoxy) is 1. The van der Waals surface area contributed by atoms with Crippen molar-refractivity contribution in [2.75, 3.05) is 20.8 Å². The monoisotopic (exact) mass is 527 g/mol. The number of benzene rings is 1. The molecule has 0 saturated carbocycles. The predicted octanol–water partition coefficient (Wildman–Crippen LogP) is 6.39. The third kappa shape index (κ3) is 8.84. The lowest BCUT2D eigenvalue weighted by Crippen LogP contribution is -2.13. The Morgan fingerprint density at radius 1 is 1.24 bits per heavy atom. The highest BCUT2D eigenvalue weighted by atomic mass is 19.1. The third-order valence-electron chi connectivity index (χ3n) is 6.36. The van der Waals surface area contributed by atoms with Gasteiger partial charge in [0.05, 0.1) is 23.5 Å². The second-order valence-electron chi connectivity index (χ2n) is 9.48. The standard InChI is InChI=1S/C23H25FN2O3.C6H15N.C2H6/c1-5-15(11-27)19(18(12-28)13-29-4)8-22-23-17(10-26(22)3)7-16-6-14(2)20(24)9-21(16)25-23;1-3-4-5-6(2)7;1-2/h6-9,11-12,15H,5,10,13H2,1-4H3;6H,3-5,7H2,1-2H3;1-2H3/b19-18-,22-8-;;/t15-;6-;/m01./s1. The van der Waals surface area contributed by atoms with Gasteiger partial charge in [-0.15, -0.1) is 0 Å². The van der Waals surface area contributed by atoms with Crippen LogP contribution < -0.4 is 5.73 Å². The number of fused-ring (bicyclic) bond motifs is 2. The highest BCUT2D eigenvalue weighted by molar-refractivity contribution is 5.86. The van der Waals surface area contributed by atoms with E-state index in [1.165, 1.54) is 32.4 Å². The average molecular weight is 528 g/mol. The molecule has 6 nitrogen and oxygen atoms in total. The first kappa shape index (κ1) is 33.1. The molecule has 2 aromatic rings. The van der Waals surface area contributed by atoms with Gasteiger partial charge in [-0.3, -0.25) is 4.79 Å². The molecule has 3 rings (SSSR count). The average Bonchev–Trinajstić information content (AvgIpc) is 3.20. The van der Waals surface area contributed by atoms with Gasteiger partial charge in [0.15, 0.2) is 0 Å². The zero-order valence-electron chi connectivity index (χ0n) is 24.4. The summed E-state index contributed by atoms with van der Waals surface area (Å²) in [7, 11) is 3.44. The van der Waals surface area contributed by atoms with Crippen LogP contribution in [-0.2, 0) is 20.9 Å². The van der Waals surface area contributed by atoms with Crippen molar-refractivity contribution < 1.29 is 18.7 Å². The van der Waals surface area contributed by atoms with Gasteiger partial charge < -0.3 is 20.2 Å². The Labute approximate surface area is 228 Å². The zero-order chi connectivity index (χ0) is 28.8. The Hall–Kier alpha value is -2.90. The summed E-state index contributed by atoms with van der Waals surface area (Å²) in [6.45, 7) is 12.6. The van der Waals surface area contributed by atoms with Crippen molar-refractivity contribution in [1.29, 1.82) is 0 Å². The molecule has 2 N–H and O–H groups in total. The molecule has 1 aliphatic heterocycles. The van der Waals surface area contributed by atoms with E-state index in [9.17, 15) is 14.0 Å². The van der Waals surface area contributed by atoms with E-state index in [-0.39, 0.29) is 12.4 Å². The van der Waals surface area contributed by atoms with E-state index in [0.717, 1.165) is 34.9 Å². The van der Waals surface area contributed by atoms with Crippen LogP contribution in [-0.4, -0.2) is 49.3 Å². The Bertz CT molecular complexity index is 1130. The highest BCUT2D eigenvalue weighted by Gasteiger charge is 2.26. The van der Waals surface area contributed by atoms with Gasteiger partial charge in [0.25, 0.3) is 0 Å². The minimum Gasteiger partial charge on any atom is -0.380 e. The van der Waals surface area contributed by atoms with Gasteiger partial charge in [0, 0.05) is 49.7 Å². The zero-order valence-corrected chi connectivity index (χ0v) is 24.4. The first-order valence-electron chi connectivity index (χ1n) is 13.6. The minimum absolute atomic E-state index is 0.124. The van der Waals surface area contributed by atoms with Crippen LogP contribution in [0.25, 0.3) is 16.6 Å². The number of hydrogen-bond acceptors (Lipinski definition) is 6. The van der Waals surface area contributed by atoms with Gasteiger partial charge in [-0.1, -0.05) is 40.5 Å². The maximum atomic E-state index is 14.1. The number of rotatable bonds is 10. The van der Waals surface area contributed by atoms with Gasteiger partial charge in [-0.05, 0) is 61.6 Å². The molecule has 0 amide bonds. The van der Waals surface area contributed by atoms with Crippen molar-refractivity contribution in [3.63, 3.8) is 0 Å². The van der Waals surface area contributed by atoms with Crippen LogP contribution in [0, 0.1) is 18.7 Å². The topological polar surface area (TPSA) is 85.5 Å². The molecule has 210 valence electrons. The van der Waals surface area contributed by atoms with Crippen LogP contribution in [0.4, 0.5) is 4.39 Å². The molecule has 0 aliphatic carbocycles. The molecule has 1 aromatic heterocycles. The van der Waals surface area contributed by atoms with Crippen molar-refractivity contribution in [2.24, 2.45) is 11.7 Å². The molecular formula is C31H46FN3O3. The predicted molar refractivity (Wildman–Crippen MR) is 155 cm³/mol. The van der Waals surface area contributed by atoms with E-state index in [1.807, 2.05) is 44.9 Å². The van der Waals surface area contributed by atoms with E-state index in [2.05, 4.69) is 13.8 Å². The van der Waals surface area contributed by atoms with Gasteiger partial charge >= 0.3 is 0 Å². The number of allylic oxidation sites excluding steroid dienone is 2. The Balaban J connectivity index is 0.000000696. The first-order valence-corrected chi connectivity index (χ1v) is 13.6. The molecule has 0 unspecified atom stereocenters. The molecule has 38 heavy (non-hydrogen) atoms. The summed E-state index contributed by atoms with van der Waals surface area (Å²) in [5.41, 5.74) is 10.3. The van der Waals surface area contributed by atoms with E-state index in [4.69, 9.17) is 15.5 Å². The number of unbranched alkanes of at least 4 members (excludes halogenated alkanes) is 1. The van der Waals surface area contributed by atoms with Crippen LogP contribution >= 0.6 is 0 Å². The Kier molecular flexibility index (Phi) is 14.7. The van der Waals surface area contributed by atoms with E-state index in [0.29, 0.717) is 41.2 Å². The Morgan fingerprint density at radius 2 is 1.92 bits per heavy atom. The Morgan fingerprint density at radius 3 is 2.42 bits per heavy atom. The summed E-state index contributed by atoms with van der Waals surface area (Å²) in [4.78, 5) is 30.0. The molecule has 0 bridgehead atoms. The van der Waals surface area contributed by atoms with Crippen LogP contribution in [0.1, 0.15) is 77.1 Å². The number of aryl methyl sites for hydroxylation is 1. The normalized spacial score (nSPS) is 15.5. The number of halogens is 1. The molecule has 7 heteroatoms. The molecular weight excluding hydrogens is 481 g/mol. The molecule has 2 heterocycles. The SMILES string of the molecule is CC.CCCC[C@@H](C)N.CC[C@@H](C=O)C(/C=C1/c2nc3cc(F)c(C)cc3cc2CN1C)=C(/C=O)COC. The summed E-state index contributed by atoms with van der Waals surface area (Å²) in [5, 5.41) is 0.889. The fourth-order valence-corrected chi connectivity index (χ4v) is 4.24. The maximum absolute atomic E-state index is 14.1. The molecule has 0 spiro atoms. The lowest BCUT2D eigenvalue weighted by molar-refractivity contribution is -0.110. The largest absolute Gasteiger partial charge is 0.380 e. The minimum atomic E-state index is -0.421. The number of aromatic nitrogens is 1. The first-order chi connectivity index (χ1) is 18.2. The molecule has 0 saturated heterocycles. The molecule has 0 radical (unpaired) electrons. The number of nitrogens with zero attached hydrogens (tertiary/aromatic N) is 2. The number of carbonyl (C=O) groups is 2. The number of pyridine rings is 1. The molecule has 2 atom stereocenters. The number of methoxy groups -OCH3 is 1. The number of carbonyl (C=O) groups excluding carboxylic acids is 2. The lowest BCUT2D eigenvalue weighted by atomic mass is 9.92. The highest BCUT2D eigenvalue weighted by Crippen LogP contribution is 2.35. The maximum Gasteiger partial charge on any atom is 0.148 e. The van der Waals surface area contributed by atoms with Crippen molar-refractivity contribution in [1.82, 2.24) is 9.88 Å². The lowest BCUT2D eigenvalue weighted by Gasteiger charge is -2.18. The van der Waals surface area contributed by atoms with Gasteiger partial charge in [-0.2, -0.15) is 0 Å². The van der Waals surface area contributed by atoms with Gasteiger partial charge in [-0.25, -0.2) is 9.37 Å². The fourth-order valence-electron chi connectivity index (χ4n) is 4.24. The smallest absolute Gasteiger partial charge is 0.148 e. The summed E-state index contributed by atoms with van der Waals surface area (Å²) in [6, 6.07) is 5.67. The quantitative estimate of drug-likeness (QED) is 0.285. The molecule has 0 fully saturated rings. The second-order valence-corrected chi connectivity index (χ2v) is 9.48. The van der Waals surface area contributed by atoms with Crippen molar-refractivity contribution in [3.8, 4) is 0 Å². The van der Waals surface area contributed by atoms with Crippen molar-refractivity contribution in [3.05, 3.63) is 58.1 Å². The summed E-state index contributed by atoms with van der Waals surface area (Å²) < 4.78 is 19.2. The number of hydrogen-bond donors (Lipinski definition) is 1. The van der Waals surface area contributed by atoms with E-state index >= 15 is 0 Å². The summed E-state index contributed by atoms with van der Waals surface area (Å²) in [6.07, 6.45) is 7.73. The van der Waals surface area contributed by atoms with Crippen LogP contribution in [0.2, 0.25) is 0 Å². The van der Waals surface area contributed by atoms with Crippen molar-refractivity contribution >= 4 is 29.2 Å². The van der Waals surface area contributed by atoms with Crippen LogP contribution in [0.3, 0.4) is 0 Å². The van der Waals surface area contributed by atoms with Gasteiger partial charge in [0.2, 0.25) is 0 Å². The second kappa shape index (κ2) is 16.8. The molecule has 1 aliphatic rings. The van der Waals surface area contributed by atoms with Crippen LogP contribution in [0.5, 0.6) is 0 Å². The third-order valence-corrected chi connectivity index (χ3v) is 6.36. The van der Waals surface area contributed by atoms with E-state index < -0.39 is 5.92 Å². The summed E-state index contributed by atoms with van der Waals surface area (Å²) >= 11 is 0. The van der Waals surface area contributed by atoms with Crippen LogP contribution in [0.15, 0.2) is 35.4 Å². The number of nitrogens with two attached hydrogens (primary N) is 1. The van der Waals surface area contributed by atoms with E-state index in [1.54, 1.807) is 13.0 Å². The fraction of sp³-hybridized carbons (Fsp3) is 0.516. The van der Waals surface area contributed by atoms with Crippen molar-refractivity contribution in [2.45, 2.75) is 79.8 Å². The summed E-state index contributed by atoms with van der Waals surface area (Å²) in [5.74, 6) is -0.714. The van der Waals surface area contributed by atoms with Gasteiger partial charge in [0.1, 0.15) is 18.4 Å². The molecule has 1 aromatic carbocycles. The number of aldehydes is 2.